The minimum absolute atomic E-state index is 1.31. The molecule has 0 spiro atoms. The lowest BCUT2D eigenvalue weighted by Crippen LogP contribution is -1.86. The molecule has 21 heavy (non-hydrogen) atoms. The first-order valence-corrected chi connectivity index (χ1v) is 8.13. The second-order valence-corrected chi connectivity index (χ2v) is 5.75. The van der Waals surface area contributed by atoms with Crippen molar-refractivity contribution in [2.45, 2.75) is 46.5 Å². The van der Waals surface area contributed by atoms with E-state index < -0.39 is 0 Å². The molecule has 0 bridgehead atoms. The monoisotopic (exact) mass is 278 g/mol. The van der Waals surface area contributed by atoms with Gasteiger partial charge in [-0.1, -0.05) is 93.7 Å². The maximum Gasteiger partial charge on any atom is -0.0178 e. The number of allylic oxidation sites excluding steroid dienone is 4. The second-order valence-electron chi connectivity index (χ2n) is 5.75. The molecule has 0 saturated heterocycles. The predicted molar refractivity (Wildman–Crippen MR) is 95.6 cm³/mol. The number of hydrogen-bond donors (Lipinski definition) is 0. The molecule has 0 N–H and O–H groups in total. The lowest BCUT2D eigenvalue weighted by Gasteiger charge is -2.08. The number of rotatable bonds is 4. The topological polar surface area (TPSA) is 0 Å². The van der Waals surface area contributed by atoms with Gasteiger partial charge in [0.2, 0.25) is 0 Å². The Kier molecular flexibility index (Phi) is 5.80. The molecule has 0 atom stereocenters. The van der Waals surface area contributed by atoms with Crippen molar-refractivity contribution in [3.8, 4) is 0 Å². The fourth-order valence-electron chi connectivity index (χ4n) is 2.43. The highest BCUT2D eigenvalue weighted by atomic mass is 14.1. The molecule has 1 aliphatic carbocycles. The Balaban J connectivity index is 0.000000232. The van der Waals surface area contributed by atoms with Crippen molar-refractivity contribution in [1.29, 1.82) is 0 Å². The van der Waals surface area contributed by atoms with Gasteiger partial charge in [-0.3, -0.25) is 0 Å². The van der Waals surface area contributed by atoms with Crippen molar-refractivity contribution in [1.82, 2.24) is 0 Å². The smallest absolute Gasteiger partial charge is 0.0178 e. The molecule has 0 nitrogen and oxygen atoms in total. The zero-order valence-electron chi connectivity index (χ0n) is 13.5. The van der Waals surface area contributed by atoms with Gasteiger partial charge in [0, 0.05) is 0 Å². The lowest BCUT2D eigenvalue weighted by atomic mass is 9.96. The summed E-state index contributed by atoms with van der Waals surface area (Å²) < 4.78 is 0. The first-order valence-electron chi connectivity index (χ1n) is 8.13. The van der Waals surface area contributed by atoms with Gasteiger partial charge in [-0.05, 0) is 34.9 Å². The second kappa shape index (κ2) is 7.83. The van der Waals surface area contributed by atoms with Crippen LogP contribution in [-0.4, -0.2) is 0 Å². The number of fused-ring (bicyclic) bond motifs is 1. The Hall–Kier alpha value is -1.82. The van der Waals surface area contributed by atoms with Gasteiger partial charge >= 0.3 is 0 Å². The van der Waals surface area contributed by atoms with E-state index in [2.05, 4.69) is 75.4 Å². The molecule has 0 unspecified atom stereocenters. The van der Waals surface area contributed by atoms with Crippen molar-refractivity contribution in [3.05, 3.63) is 65.8 Å². The highest BCUT2D eigenvalue weighted by Crippen LogP contribution is 2.26. The summed E-state index contributed by atoms with van der Waals surface area (Å²) in [5.74, 6) is 0. The summed E-state index contributed by atoms with van der Waals surface area (Å²) in [5.41, 5.74) is 3.96. The SMILES string of the molecule is CCCCCC.Cc1ccc2cc(C3=CC=C3)ccc2c1. The van der Waals surface area contributed by atoms with Crippen LogP contribution >= 0.6 is 0 Å². The molecule has 1 aliphatic rings. The van der Waals surface area contributed by atoms with Crippen molar-refractivity contribution >= 4 is 16.3 Å². The van der Waals surface area contributed by atoms with Crippen LogP contribution < -0.4 is 0 Å². The predicted octanol–water partition coefficient (Wildman–Crippen LogP) is 6.69. The van der Waals surface area contributed by atoms with E-state index in [1.165, 1.54) is 53.2 Å². The van der Waals surface area contributed by atoms with Crippen LogP contribution in [0.3, 0.4) is 0 Å². The normalized spacial score (nSPS) is 12.4. The number of hydrogen-bond acceptors (Lipinski definition) is 0. The third-order valence-electron chi connectivity index (χ3n) is 3.84. The quantitative estimate of drug-likeness (QED) is 0.547. The van der Waals surface area contributed by atoms with Crippen LogP contribution in [0.15, 0.2) is 54.6 Å². The Morgan fingerprint density at radius 3 is 2.00 bits per heavy atom. The van der Waals surface area contributed by atoms with Gasteiger partial charge in [0.05, 0.1) is 0 Å². The van der Waals surface area contributed by atoms with Crippen molar-refractivity contribution in [2.24, 2.45) is 0 Å². The highest BCUT2D eigenvalue weighted by Gasteiger charge is 2.03. The molecule has 0 fully saturated rings. The first-order chi connectivity index (χ1) is 10.2. The molecule has 0 radical (unpaired) electrons. The van der Waals surface area contributed by atoms with Crippen LogP contribution in [0.1, 0.15) is 50.7 Å². The van der Waals surface area contributed by atoms with E-state index in [1.54, 1.807) is 0 Å². The molecule has 0 amide bonds. The van der Waals surface area contributed by atoms with E-state index in [4.69, 9.17) is 0 Å². The molecule has 0 aliphatic heterocycles. The summed E-state index contributed by atoms with van der Waals surface area (Å²) >= 11 is 0. The largest absolute Gasteiger partial charge is 0.0654 e. The van der Waals surface area contributed by atoms with E-state index in [0.29, 0.717) is 0 Å². The zero-order chi connectivity index (χ0) is 15.1. The zero-order valence-corrected chi connectivity index (χ0v) is 13.5. The number of aryl methyl sites for hydroxylation is 1. The standard InChI is InChI=1S/C15H12.C6H14/c1-11-5-6-15-10-14(12-3-2-4-12)8-7-13(15)9-11;1-3-5-6-4-2/h2-10H,1H3;3-6H2,1-2H3. The Bertz CT molecular complexity index is 640. The molecule has 2 aromatic rings. The molecular weight excluding hydrogens is 252 g/mol. The summed E-state index contributed by atoms with van der Waals surface area (Å²) in [6, 6.07) is 13.2. The first kappa shape index (κ1) is 15.6. The van der Waals surface area contributed by atoms with Crippen molar-refractivity contribution < 1.29 is 0 Å². The fourth-order valence-corrected chi connectivity index (χ4v) is 2.43. The maximum absolute atomic E-state index is 2.25. The summed E-state index contributed by atoms with van der Waals surface area (Å²) in [4.78, 5) is 0. The van der Waals surface area contributed by atoms with Gasteiger partial charge < -0.3 is 0 Å². The molecule has 2 aromatic carbocycles. The van der Waals surface area contributed by atoms with Crippen LogP contribution in [0.2, 0.25) is 0 Å². The maximum atomic E-state index is 2.25. The van der Waals surface area contributed by atoms with E-state index in [1.807, 2.05) is 0 Å². The summed E-state index contributed by atoms with van der Waals surface area (Å²) in [5, 5.41) is 2.64. The van der Waals surface area contributed by atoms with Crippen LogP contribution in [0.25, 0.3) is 16.3 Å². The number of benzene rings is 2. The third kappa shape index (κ3) is 4.32. The average molecular weight is 278 g/mol. The summed E-state index contributed by atoms with van der Waals surface area (Å²) in [6.45, 7) is 6.59. The van der Waals surface area contributed by atoms with E-state index in [-0.39, 0.29) is 0 Å². The van der Waals surface area contributed by atoms with Crippen LogP contribution in [0.4, 0.5) is 0 Å². The fraction of sp³-hybridized carbons (Fsp3) is 0.333. The van der Waals surface area contributed by atoms with Gasteiger partial charge in [-0.25, -0.2) is 0 Å². The van der Waals surface area contributed by atoms with Gasteiger partial charge in [-0.2, -0.15) is 0 Å². The Morgan fingerprint density at radius 2 is 1.43 bits per heavy atom. The molecule has 0 heteroatoms. The molecule has 3 rings (SSSR count). The van der Waals surface area contributed by atoms with Gasteiger partial charge in [-0.15, -0.1) is 0 Å². The van der Waals surface area contributed by atoms with Crippen molar-refractivity contribution in [3.63, 3.8) is 0 Å². The van der Waals surface area contributed by atoms with Gasteiger partial charge in [0.25, 0.3) is 0 Å². The van der Waals surface area contributed by atoms with Crippen LogP contribution in [0.5, 0.6) is 0 Å². The minimum Gasteiger partial charge on any atom is -0.0654 e. The summed E-state index contributed by atoms with van der Waals surface area (Å²) in [6.07, 6.45) is 11.9. The van der Waals surface area contributed by atoms with E-state index in [9.17, 15) is 0 Å². The Morgan fingerprint density at radius 1 is 0.810 bits per heavy atom. The highest BCUT2D eigenvalue weighted by molar-refractivity contribution is 5.90. The van der Waals surface area contributed by atoms with Gasteiger partial charge in [0.15, 0.2) is 0 Å². The van der Waals surface area contributed by atoms with Gasteiger partial charge in [0.1, 0.15) is 0 Å². The average Bonchev–Trinajstić information content (AvgIpc) is 2.44. The Labute approximate surface area is 129 Å². The number of unbranched alkanes of at least 4 members (excludes halogenated alkanes) is 3. The molecular formula is C21H26. The van der Waals surface area contributed by atoms with Crippen LogP contribution in [-0.2, 0) is 0 Å². The molecule has 0 heterocycles. The lowest BCUT2D eigenvalue weighted by molar-refractivity contribution is 0.702. The van der Waals surface area contributed by atoms with Crippen molar-refractivity contribution in [2.75, 3.05) is 0 Å². The minimum atomic E-state index is 1.31. The van der Waals surface area contributed by atoms with E-state index >= 15 is 0 Å². The molecule has 0 aromatic heterocycles. The molecule has 110 valence electrons. The third-order valence-corrected chi connectivity index (χ3v) is 3.84. The van der Waals surface area contributed by atoms with E-state index in [0.717, 1.165) is 0 Å². The summed E-state index contributed by atoms with van der Waals surface area (Å²) in [7, 11) is 0. The van der Waals surface area contributed by atoms with Crippen LogP contribution in [0, 0.1) is 6.92 Å². The molecule has 0 saturated carbocycles.